The predicted molar refractivity (Wildman–Crippen MR) is 84.0 cm³/mol. The van der Waals surface area contributed by atoms with Gasteiger partial charge in [0.1, 0.15) is 0 Å². The zero-order chi connectivity index (χ0) is 14.4. The van der Waals surface area contributed by atoms with E-state index in [1.807, 2.05) is 12.1 Å². The van der Waals surface area contributed by atoms with Gasteiger partial charge in [-0.15, -0.1) is 0 Å². The molecule has 0 radical (unpaired) electrons. The van der Waals surface area contributed by atoms with E-state index < -0.39 is 5.60 Å². The third-order valence-corrected chi connectivity index (χ3v) is 3.94. The van der Waals surface area contributed by atoms with E-state index in [1.165, 1.54) is 12.0 Å². The van der Waals surface area contributed by atoms with Crippen molar-refractivity contribution < 1.29 is 5.11 Å². The van der Waals surface area contributed by atoms with Crippen LogP contribution < -0.4 is 11.1 Å². The molecule has 1 saturated carbocycles. The summed E-state index contributed by atoms with van der Waals surface area (Å²) in [5.74, 6) is 0.372. The molecule has 1 aliphatic rings. The Morgan fingerprint density at radius 1 is 1.35 bits per heavy atom. The fourth-order valence-electron chi connectivity index (χ4n) is 2.66. The van der Waals surface area contributed by atoms with E-state index in [2.05, 4.69) is 29.4 Å². The number of guanidine groups is 1. The van der Waals surface area contributed by atoms with Gasteiger partial charge in [0.05, 0.1) is 12.1 Å². The van der Waals surface area contributed by atoms with E-state index in [1.54, 1.807) is 0 Å². The van der Waals surface area contributed by atoms with Crippen molar-refractivity contribution in [2.24, 2.45) is 10.7 Å². The molecule has 0 amide bonds. The summed E-state index contributed by atoms with van der Waals surface area (Å²) in [5.41, 5.74) is 7.45. The van der Waals surface area contributed by atoms with E-state index in [0.29, 0.717) is 12.5 Å². The first-order valence-corrected chi connectivity index (χ1v) is 7.49. The second-order valence-corrected chi connectivity index (χ2v) is 5.67. The lowest BCUT2D eigenvalue weighted by Crippen LogP contribution is -2.36. The zero-order valence-electron chi connectivity index (χ0n) is 12.2. The summed E-state index contributed by atoms with van der Waals surface area (Å²) in [5, 5.41) is 13.5. The van der Waals surface area contributed by atoms with Gasteiger partial charge >= 0.3 is 0 Å². The molecule has 4 N–H and O–H groups in total. The van der Waals surface area contributed by atoms with Crippen LogP contribution in [0.3, 0.4) is 0 Å². The lowest BCUT2D eigenvalue weighted by Gasteiger charge is -2.30. The van der Waals surface area contributed by atoms with Crippen LogP contribution in [0.15, 0.2) is 29.3 Å². The molecule has 0 atom stereocenters. The number of aliphatic hydroxyl groups is 1. The Morgan fingerprint density at radius 3 is 2.80 bits per heavy atom. The van der Waals surface area contributed by atoms with Crippen molar-refractivity contribution in [1.29, 1.82) is 0 Å². The van der Waals surface area contributed by atoms with Crippen LogP contribution in [0, 0.1) is 0 Å². The Kier molecular flexibility index (Phi) is 5.01. The Morgan fingerprint density at radius 2 is 2.10 bits per heavy atom. The Balaban J connectivity index is 1.93. The molecule has 0 spiro atoms. The molecule has 1 aliphatic carbocycles. The summed E-state index contributed by atoms with van der Waals surface area (Å²) in [4.78, 5) is 4.30. The number of aryl methyl sites for hydroxylation is 1. The van der Waals surface area contributed by atoms with Gasteiger partial charge in [0.2, 0.25) is 0 Å². The number of benzene rings is 1. The highest BCUT2D eigenvalue weighted by molar-refractivity contribution is 5.92. The summed E-state index contributed by atoms with van der Waals surface area (Å²) in [6.45, 7) is 2.51. The molecular formula is C16H25N3O. The van der Waals surface area contributed by atoms with Crippen molar-refractivity contribution in [2.45, 2.75) is 51.0 Å². The Labute approximate surface area is 121 Å². The van der Waals surface area contributed by atoms with E-state index in [0.717, 1.165) is 37.8 Å². The maximum Gasteiger partial charge on any atom is 0.193 e. The third-order valence-electron chi connectivity index (χ3n) is 3.94. The molecule has 4 heteroatoms. The lowest BCUT2D eigenvalue weighted by molar-refractivity contribution is 0.0132. The van der Waals surface area contributed by atoms with Crippen LogP contribution in [0.2, 0.25) is 0 Å². The van der Waals surface area contributed by atoms with Gasteiger partial charge in [0.25, 0.3) is 0 Å². The summed E-state index contributed by atoms with van der Waals surface area (Å²) in [6.07, 6.45) is 6.02. The minimum atomic E-state index is -0.657. The van der Waals surface area contributed by atoms with Gasteiger partial charge in [0.15, 0.2) is 5.96 Å². The molecule has 2 rings (SSSR count). The average molecular weight is 275 g/mol. The van der Waals surface area contributed by atoms with Crippen LogP contribution in [-0.4, -0.2) is 23.2 Å². The van der Waals surface area contributed by atoms with Gasteiger partial charge < -0.3 is 16.2 Å². The fraction of sp³-hybridized carbons (Fsp3) is 0.562. The van der Waals surface area contributed by atoms with E-state index in [9.17, 15) is 5.11 Å². The van der Waals surface area contributed by atoms with Crippen LogP contribution in [-0.2, 0) is 6.42 Å². The molecule has 0 unspecified atom stereocenters. The smallest absolute Gasteiger partial charge is 0.193 e. The zero-order valence-corrected chi connectivity index (χ0v) is 12.2. The quantitative estimate of drug-likeness (QED) is 0.584. The molecule has 110 valence electrons. The number of hydrogen-bond acceptors (Lipinski definition) is 2. The van der Waals surface area contributed by atoms with Gasteiger partial charge in [0, 0.05) is 5.69 Å². The standard InChI is InChI=1S/C16H25N3O/c1-2-13-7-6-8-14(11-13)19-15(17)18-12-16(20)9-4-3-5-10-16/h6-8,11,20H,2-5,9-10,12H2,1H3,(H3,17,18,19). The molecule has 1 aromatic rings. The number of nitrogens with one attached hydrogen (secondary N) is 1. The van der Waals surface area contributed by atoms with Gasteiger partial charge in [-0.2, -0.15) is 0 Å². The van der Waals surface area contributed by atoms with Crippen LogP contribution >= 0.6 is 0 Å². The Hall–Kier alpha value is -1.55. The number of nitrogens with zero attached hydrogens (tertiary/aromatic N) is 1. The van der Waals surface area contributed by atoms with Gasteiger partial charge in [-0.1, -0.05) is 38.3 Å². The average Bonchev–Trinajstić information content (AvgIpc) is 2.46. The topological polar surface area (TPSA) is 70.6 Å². The summed E-state index contributed by atoms with van der Waals surface area (Å²) < 4.78 is 0. The molecule has 1 fully saturated rings. The number of nitrogens with two attached hydrogens (primary N) is 1. The molecule has 0 bridgehead atoms. The van der Waals surface area contributed by atoms with Crippen LogP contribution in [0.4, 0.5) is 5.69 Å². The number of anilines is 1. The maximum absolute atomic E-state index is 10.4. The first-order chi connectivity index (χ1) is 9.61. The molecule has 20 heavy (non-hydrogen) atoms. The van der Waals surface area contributed by atoms with Gasteiger partial charge in [-0.3, -0.25) is 4.99 Å². The second kappa shape index (κ2) is 6.75. The molecule has 1 aromatic carbocycles. The largest absolute Gasteiger partial charge is 0.388 e. The fourth-order valence-corrected chi connectivity index (χ4v) is 2.66. The molecule has 0 saturated heterocycles. The van der Waals surface area contributed by atoms with Crippen molar-refractivity contribution in [3.05, 3.63) is 29.8 Å². The highest BCUT2D eigenvalue weighted by atomic mass is 16.3. The van der Waals surface area contributed by atoms with Crippen molar-refractivity contribution in [2.75, 3.05) is 11.9 Å². The molecule has 0 heterocycles. The van der Waals surface area contributed by atoms with Gasteiger partial charge in [-0.05, 0) is 37.0 Å². The summed E-state index contributed by atoms with van der Waals surface area (Å²) in [7, 11) is 0. The highest BCUT2D eigenvalue weighted by Gasteiger charge is 2.28. The molecule has 0 aromatic heterocycles. The predicted octanol–water partition coefficient (Wildman–Crippen LogP) is 2.67. The van der Waals surface area contributed by atoms with Crippen molar-refractivity contribution in [3.63, 3.8) is 0 Å². The molecule has 0 aliphatic heterocycles. The third kappa shape index (κ3) is 4.23. The van der Waals surface area contributed by atoms with Crippen molar-refractivity contribution in [3.8, 4) is 0 Å². The number of aliphatic imine (C=N–C) groups is 1. The first-order valence-electron chi connectivity index (χ1n) is 7.49. The monoisotopic (exact) mass is 275 g/mol. The van der Waals surface area contributed by atoms with E-state index in [-0.39, 0.29) is 0 Å². The Bertz CT molecular complexity index is 465. The number of hydrogen-bond donors (Lipinski definition) is 3. The molecular weight excluding hydrogens is 250 g/mol. The van der Waals surface area contributed by atoms with Crippen LogP contribution in [0.1, 0.15) is 44.6 Å². The normalized spacial score (nSPS) is 18.8. The summed E-state index contributed by atoms with van der Waals surface area (Å²) >= 11 is 0. The van der Waals surface area contributed by atoms with E-state index in [4.69, 9.17) is 5.73 Å². The lowest BCUT2D eigenvalue weighted by atomic mass is 9.85. The SMILES string of the molecule is CCc1cccc(NC(N)=NCC2(O)CCCCC2)c1. The van der Waals surface area contributed by atoms with E-state index >= 15 is 0 Å². The summed E-state index contributed by atoms with van der Waals surface area (Å²) in [6, 6.07) is 8.13. The van der Waals surface area contributed by atoms with Gasteiger partial charge in [-0.25, -0.2) is 0 Å². The van der Waals surface area contributed by atoms with Crippen LogP contribution in [0.5, 0.6) is 0 Å². The minimum Gasteiger partial charge on any atom is -0.388 e. The minimum absolute atomic E-state index is 0.372. The molecule has 4 nitrogen and oxygen atoms in total. The second-order valence-electron chi connectivity index (χ2n) is 5.67. The van der Waals surface area contributed by atoms with Crippen molar-refractivity contribution in [1.82, 2.24) is 0 Å². The first kappa shape index (κ1) is 14.9. The number of rotatable bonds is 4. The van der Waals surface area contributed by atoms with Crippen LogP contribution in [0.25, 0.3) is 0 Å². The maximum atomic E-state index is 10.4. The highest BCUT2D eigenvalue weighted by Crippen LogP contribution is 2.28. The van der Waals surface area contributed by atoms with Crippen molar-refractivity contribution >= 4 is 11.6 Å².